The Hall–Kier alpha value is -0.610. The van der Waals surface area contributed by atoms with Crippen molar-refractivity contribution in [2.24, 2.45) is 17.6 Å². The van der Waals surface area contributed by atoms with E-state index in [1.54, 1.807) is 0 Å². The van der Waals surface area contributed by atoms with Crippen LogP contribution in [0.3, 0.4) is 0 Å². The van der Waals surface area contributed by atoms with Crippen LogP contribution in [0.2, 0.25) is 0 Å². The maximum Gasteiger partial charge on any atom is 0.251 e. The summed E-state index contributed by atoms with van der Waals surface area (Å²) in [6.07, 6.45) is 3.04. The van der Waals surface area contributed by atoms with Crippen LogP contribution >= 0.6 is 0 Å². The first-order chi connectivity index (χ1) is 7.72. The lowest BCUT2D eigenvalue weighted by Gasteiger charge is -2.34. The quantitative estimate of drug-likeness (QED) is 0.750. The highest BCUT2D eigenvalue weighted by Crippen LogP contribution is 2.24. The third-order valence-corrected chi connectivity index (χ3v) is 3.79. The zero-order valence-electron chi connectivity index (χ0n) is 10.0. The van der Waals surface area contributed by atoms with Crippen molar-refractivity contribution in [3.63, 3.8) is 0 Å². The monoisotopic (exact) mass is 226 g/mol. The minimum atomic E-state index is -0.198. The van der Waals surface area contributed by atoms with Crippen molar-refractivity contribution in [1.29, 1.82) is 0 Å². The summed E-state index contributed by atoms with van der Waals surface area (Å²) in [6, 6.07) is 0. The van der Waals surface area contributed by atoms with Crippen LogP contribution in [0.15, 0.2) is 0 Å². The molecule has 2 saturated heterocycles. The van der Waals surface area contributed by atoms with Gasteiger partial charge < -0.3 is 15.4 Å². The molecular formula is C12H22N2O2. The predicted molar refractivity (Wildman–Crippen MR) is 61.9 cm³/mol. The number of likely N-dealkylation sites (tertiary alicyclic amines) is 1. The van der Waals surface area contributed by atoms with Crippen LogP contribution in [0.5, 0.6) is 0 Å². The van der Waals surface area contributed by atoms with E-state index in [4.69, 9.17) is 10.5 Å². The van der Waals surface area contributed by atoms with Crippen molar-refractivity contribution >= 4 is 5.91 Å². The Morgan fingerprint density at radius 1 is 1.50 bits per heavy atom. The molecule has 2 N–H and O–H groups in total. The lowest BCUT2D eigenvalue weighted by atomic mass is 9.96. The van der Waals surface area contributed by atoms with E-state index in [1.165, 1.54) is 0 Å². The van der Waals surface area contributed by atoms with Crippen LogP contribution in [-0.4, -0.2) is 43.2 Å². The molecule has 0 radical (unpaired) electrons. The van der Waals surface area contributed by atoms with Gasteiger partial charge in [0.2, 0.25) is 0 Å². The molecule has 2 fully saturated rings. The Morgan fingerprint density at radius 3 is 2.94 bits per heavy atom. The number of piperidine rings is 1. The molecule has 2 heterocycles. The second-order valence-electron chi connectivity index (χ2n) is 5.09. The number of rotatable bonds is 2. The molecule has 3 atom stereocenters. The lowest BCUT2D eigenvalue weighted by molar-refractivity contribution is -0.144. The molecule has 0 aromatic heterocycles. The molecule has 0 spiro atoms. The minimum absolute atomic E-state index is 0.183. The first-order valence-corrected chi connectivity index (χ1v) is 6.33. The van der Waals surface area contributed by atoms with E-state index in [0.717, 1.165) is 39.0 Å². The van der Waals surface area contributed by atoms with Crippen molar-refractivity contribution < 1.29 is 9.53 Å². The van der Waals surface area contributed by atoms with E-state index in [9.17, 15) is 4.79 Å². The van der Waals surface area contributed by atoms with Crippen LogP contribution in [0.25, 0.3) is 0 Å². The normalized spacial score (nSPS) is 35.4. The fourth-order valence-corrected chi connectivity index (χ4v) is 2.65. The van der Waals surface area contributed by atoms with E-state index in [2.05, 4.69) is 6.92 Å². The maximum absolute atomic E-state index is 12.2. The summed E-state index contributed by atoms with van der Waals surface area (Å²) < 4.78 is 5.53. The molecule has 0 bridgehead atoms. The second-order valence-corrected chi connectivity index (χ2v) is 5.09. The standard InChI is InChI=1S/C12H22N2O2/c1-9-4-6-16-11(9)12(15)14-5-2-3-10(7-13)8-14/h9-11H,2-8,13H2,1H3. The van der Waals surface area contributed by atoms with Gasteiger partial charge in [-0.3, -0.25) is 4.79 Å². The highest BCUT2D eigenvalue weighted by molar-refractivity contribution is 5.81. The number of carbonyl (C=O) groups is 1. The van der Waals surface area contributed by atoms with Gasteiger partial charge in [-0.05, 0) is 37.6 Å². The summed E-state index contributed by atoms with van der Waals surface area (Å²) in [5.74, 6) is 1.03. The second kappa shape index (κ2) is 5.15. The zero-order valence-corrected chi connectivity index (χ0v) is 10.0. The smallest absolute Gasteiger partial charge is 0.251 e. The Balaban J connectivity index is 1.93. The minimum Gasteiger partial charge on any atom is -0.368 e. The third-order valence-electron chi connectivity index (χ3n) is 3.79. The topological polar surface area (TPSA) is 55.6 Å². The van der Waals surface area contributed by atoms with Crippen LogP contribution in [0.1, 0.15) is 26.2 Å². The molecule has 0 saturated carbocycles. The van der Waals surface area contributed by atoms with Gasteiger partial charge in [0.25, 0.3) is 5.91 Å². The Kier molecular flexibility index (Phi) is 3.82. The van der Waals surface area contributed by atoms with Gasteiger partial charge in [-0.2, -0.15) is 0 Å². The number of nitrogens with two attached hydrogens (primary N) is 1. The van der Waals surface area contributed by atoms with Crippen molar-refractivity contribution in [3.05, 3.63) is 0 Å². The molecule has 2 aliphatic heterocycles. The van der Waals surface area contributed by atoms with Crippen LogP contribution in [0, 0.1) is 11.8 Å². The van der Waals surface area contributed by atoms with Gasteiger partial charge in [-0.1, -0.05) is 6.92 Å². The molecule has 0 aromatic carbocycles. The summed E-state index contributed by atoms with van der Waals surface area (Å²) >= 11 is 0. The van der Waals surface area contributed by atoms with Crippen molar-refractivity contribution in [3.8, 4) is 0 Å². The first-order valence-electron chi connectivity index (χ1n) is 6.33. The average molecular weight is 226 g/mol. The summed E-state index contributed by atoms with van der Waals surface area (Å²) in [7, 11) is 0. The highest BCUT2D eigenvalue weighted by Gasteiger charge is 2.35. The predicted octanol–water partition coefficient (Wildman–Crippen LogP) is 0.609. The molecule has 1 amide bonds. The molecule has 16 heavy (non-hydrogen) atoms. The molecular weight excluding hydrogens is 204 g/mol. The van der Waals surface area contributed by atoms with Crippen LogP contribution in [0.4, 0.5) is 0 Å². The largest absolute Gasteiger partial charge is 0.368 e. The Morgan fingerprint density at radius 2 is 2.31 bits per heavy atom. The van der Waals surface area contributed by atoms with Gasteiger partial charge >= 0.3 is 0 Å². The summed E-state index contributed by atoms with van der Waals surface area (Å²) in [5, 5.41) is 0. The van der Waals surface area contributed by atoms with Crippen molar-refractivity contribution in [2.75, 3.05) is 26.2 Å². The highest BCUT2D eigenvalue weighted by atomic mass is 16.5. The molecule has 3 unspecified atom stereocenters. The SMILES string of the molecule is CC1CCOC1C(=O)N1CCCC(CN)C1. The lowest BCUT2D eigenvalue weighted by Crippen LogP contribution is -2.47. The molecule has 2 aliphatic rings. The summed E-state index contributed by atoms with van der Waals surface area (Å²) in [5.41, 5.74) is 5.68. The van der Waals surface area contributed by atoms with Crippen molar-refractivity contribution in [2.45, 2.75) is 32.3 Å². The zero-order chi connectivity index (χ0) is 11.5. The molecule has 92 valence electrons. The van der Waals surface area contributed by atoms with Gasteiger partial charge in [-0.25, -0.2) is 0 Å². The van der Waals surface area contributed by atoms with Gasteiger partial charge in [0.05, 0.1) is 0 Å². The van der Waals surface area contributed by atoms with E-state index in [0.29, 0.717) is 18.4 Å². The Bertz CT molecular complexity index is 257. The maximum atomic E-state index is 12.2. The molecule has 4 nitrogen and oxygen atoms in total. The van der Waals surface area contributed by atoms with E-state index < -0.39 is 0 Å². The van der Waals surface area contributed by atoms with Crippen molar-refractivity contribution in [1.82, 2.24) is 4.90 Å². The molecule has 4 heteroatoms. The fourth-order valence-electron chi connectivity index (χ4n) is 2.65. The van der Waals surface area contributed by atoms with Gasteiger partial charge in [0, 0.05) is 19.7 Å². The number of ether oxygens (including phenoxy) is 1. The number of hydrogen-bond donors (Lipinski definition) is 1. The fraction of sp³-hybridized carbons (Fsp3) is 0.917. The summed E-state index contributed by atoms with van der Waals surface area (Å²) in [4.78, 5) is 14.2. The number of carbonyl (C=O) groups excluding carboxylic acids is 1. The van der Waals surface area contributed by atoms with Gasteiger partial charge in [-0.15, -0.1) is 0 Å². The number of hydrogen-bond acceptors (Lipinski definition) is 3. The average Bonchev–Trinajstić information content (AvgIpc) is 2.74. The van der Waals surface area contributed by atoms with E-state index in [-0.39, 0.29) is 12.0 Å². The van der Waals surface area contributed by atoms with Crippen LogP contribution < -0.4 is 5.73 Å². The number of amides is 1. The first kappa shape index (κ1) is 11.9. The summed E-state index contributed by atoms with van der Waals surface area (Å²) in [6.45, 7) is 5.21. The third kappa shape index (κ3) is 2.38. The Labute approximate surface area is 97.1 Å². The van der Waals surface area contributed by atoms with E-state index >= 15 is 0 Å². The van der Waals surface area contributed by atoms with Crippen LogP contribution in [-0.2, 0) is 9.53 Å². The van der Waals surface area contributed by atoms with Gasteiger partial charge in [0.1, 0.15) is 6.10 Å². The van der Waals surface area contributed by atoms with Gasteiger partial charge in [0.15, 0.2) is 0 Å². The molecule has 2 rings (SSSR count). The number of nitrogens with zero attached hydrogens (tertiary/aromatic N) is 1. The molecule has 0 aliphatic carbocycles. The van der Waals surface area contributed by atoms with E-state index in [1.807, 2.05) is 4.90 Å². The molecule has 0 aromatic rings.